The first kappa shape index (κ1) is 36.1. The van der Waals surface area contributed by atoms with Gasteiger partial charge in [-0.15, -0.1) is 0 Å². The van der Waals surface area contributed by atoms with Crippen molar-refractivity contribution in [1.29, 1.82) is 0 Å². The summed E-state index contributed by atoms with van der Waals surface area (Å²) >= 11 is 0. The summed E-state index contributed by atoms with van der Waals surface area (Å²) in [5.41, 5.74) is -2.32. The molecule has 3 rings (SSSR count). The molecule has 2 aromatic rings. The molecule has 0 amide bonds. The zero-order valence-electron chi connectivity index (χ0n) is 25.0. The van der Waals surface area contributed by atoms with Crippen molar-refractivity contribution in [3.05, 3.63) is 71.3 Å². The molecule has 238 valence electrons. The van der Waals surface area contributed by atoms with Gasteiger partial charge in [0.25, 0.3) is 5.92 Å². The molecule has 0 spiro atoms. The monoisotopic (exact) mass is 619 g/mol. The van der Waals surface area contributed by atoms with Crippen LogP contribution in [-0.2, 0) is 21.9 Å². The van der Waals surface area contributed by atoms with Gasteiger partial charge in [0.15, 0.2) is 0 Å². The Kier molecular flexibility index (Phi) is 11.5. The van der Waals surface area contributed by atoms with Crippen LogP contribution in [-0.4, -0.2) is 35.5 Å². The van der Waals surface area contributed by atoms with E-state index in [0.717, 1.165) is 24.3 Å². The van der Waals surface area contributed by atoms with Crippen LogP contribution in [0, 0.1) is 23.2 Å². The predicted octanol–water partition coefficient (Wildman–Crippen LogP) is 9.19. The lowest BCUT2D eigenvalue weighted by atomic mass is 9.79. The van der Waals surface area contributed by atoms with Crippen LogP contribution >= 0.6 is 0 Å². The second kappa shape index (κ2) is 13.7. The third-order valence-corrected chi connectivity index (χ3v) is 6.28. The maximum Gasteiger partial charge on any atom is 0.416 e. The number of rotatable bonds is 4. The zero-order valence-corrected chi connectivity index (χ0v) is 25.0. The van der Waals surface area contributed by atoms with E-state index in [-0.39, 0.29) is 24.1 Å². The Morgan fingerprint density at radius 2 is 1.37 bits per heavy atom. The number of alkyl halides is 8. The third kappa shape index (κ3) is 11.8. The number of carbonyl (C=O) groups excluding carboxylic acids is 1. The zero-order chi connectivity index (χ0) is 32.9. The molecular formula is C32H37F8NO2. The number of hydrogen-bond acceptors (Lipinski definition) is 3. The summed E-state index contributed by atoms with van der Waals surface area (Å²) < 4.78 is 110. The van der Waals surface area contributed by atoms with Gasteiger partial charge in [-0.3, -0.25) is 9.69 Å². The Balaban J connectivity index is 0.000000543. The quantitative estimate of drug-likeness (QED) is 0.194. The highest BCUT2D eigenvalue weighted by atomic mass is 19.4. The smallest absolute Gasteiger partial charge is 0.416 e. The second-order valence-electron chi connectivity index (χ2n) is 12.4. The average Bonchev–Trinajstić information content (AvgIpc) is 2.84. The number of halogens is 8. The molecule has 1 saturated heterocycles. The van der Waals surface area contributed by atoms with Gasteiger partial charge < -0.3 is 4.74 Å². The molecule has 1 fully saturated rings. The van der Waals surface area contributed by atoms with E-state index in [0.29, 0.717) is 0 Å². The van der Waals surface area contributed by atoms with Crippen molar-refractivity contribution in [3.63, 3.8) is 0 Å². The summed E-state index contributed by atoms with van der Waals surface area (Å²) in [6.07, 6.45) is -9.78. The van der Waals surface area contributed by atoms with Crippen molar-refractivity contribution < 1.29 is 44.7 Å². The average molecular weight is 620 g/mol. The maximum absolute atomic E-state index is 15.1. The molecule has 1 heterocycles. The lowest BCUT2D eigenvalue weighted by molar-refractivity contribution is -0.170. The lowest BCUT2D eigenvalue weighted by Crippen LogP contribution is -2.50. The summed E-state index contributed by atoms with van der Waals surface area (Å²) in [6, 6.07) is 9.55. The molecule has 0 saturated carbocycles. The minimum atomic E-state index is -4.54. The Labute approximate surface area is 247 Å². The van der Waals surface area contributed by atoms with Gasteiger partial charge in [0.1, 0.15) is 5.60 Å². The van der Waals surface area contributed by atoms with E-state index in [1.807, 2.05) is 20.8 Å². The van der Waals surface area contributed by atoms with Gasteiger partial charge in [0.05, 0.1) is 30.0 Å². The second-order valence-corrected chi connectivity index (χ2v) is 12.4. The maximum atomic E-state index is 15.1. The highest BCUT2D eigenvalue weighted by Crippen LogP contribution is 2.47. The van der Waals surface area contributed by atoms with E-state index in [2.05, 4.69) is 11.8 Å². The lowest BCUT2D eigenvalue weighted by Gasteiger charge is -2.45. The summed E-state index contributed by atoms with van der Waals surface area (Å²) in [4.78, 5) is 14.2. The van der Waals surface area contributed by atoms with Gasteiger partial charge in [-0.25, -0.2) is 8.78 Å². The van der Waals surface area contributed by atoms with E-state index < -0.39 is 65.8 Å². The summed E-state index contributed by atoms with van der Waals surface area (Å²) in [6.45, 7) is 10.9. The SMILES string of the molecule is CC(C)(C)C#CCN1CCC(F)(F)[C@H](CC(=O)OC(C)(C)C)C1c1ccc(C(F)(F)F)cc1.FC(F)(F)c1ccccc1. The van der Waals surface area contributed by atoms with E-state index >= 15 is 8.78 Å². The van der Waals surface area contributed by atoms with Gasteiger partial charge in [0, 0.05) is 24.4 Å². The van der Waals surface area contributed by atoms with Crippen molar-refractivity contribution in [2.24, 2.45) is 11.3 Å². The number of ether oxygens (including phenoxy) is 1. The highest BCUT2D eigenvalue weighted by Gasteiger charge is 2.51. The van der Waals surface area contributed by atoms with Crippen LogP contribution in [0.3, 0.4) is 0 Å². The summed E-state index contributed by atoms with van der Waals surface area (Å²) in [5.74, 6) is 0.631. The van der Waals surface area contributed by atoms with Gasteiger partial charge in [-0.05, 0) is 59.2 Å². The number of carbonyl (C=O) groups is 1. The van der Waals surface area contributed by atoms with Gasteiger partial charge in [-0.2, -0.15) is 26.3 Å². The summed E-state index contributed by atoms with van der Waals surface area (Å²) in [5, 5.41) is 0. The molecule has 0 bridgehead atoms. The van der Waals surface area contributed by atoms with Crippen molar-refractivity contribution in [1.82, 2.24) is 4.90 Å². The van der Waals surface area contributed by atoms with Crippen LogP contribution in [0.5, 0.6) is 0 Å². The van der Waals surface area contributed by atoms with Crippen LogP contribution in [0.15, 0.2) is 54.6 Å². The van der Waals surface area contributed by atoms with Crippen LogP contribution < -0.4 is 0 Å². The van der Waals surface area contributed by atoms with Crippen molar-refractivity contribution >= 4 is 5.97 Å². The predicted molar refractivity (Wildman–Crippen MR) is 148 cm³/mol. The third-order valence-electron chi connectivity index (χ3n) is 6.28. The number of likely N-dealkylation sites (tertiary alicyclic amines) is 1. The molecule has 43 heavy (non-hydrogen) atoms. The molecule has 0 N–H and O–H groups in total. The van der Waals surface area contributed by atoms with Gasteiger partial charge in [-0.1, -0.05) is 54.3 Å². The first-order chi connectivity index (χ1) is 19.5. The van der Waals surface area contributed by atoms with Crippen LogP contribution in [0.4, 0.5) is 35.1 Å². The van der Waals surface area contributed by atoms with Gasteiger partial charge in [0.2, 0.25) is 0 Å². The Morgan fingerprint density at radius 3 is 1.81 bits per heavy atom. The van der Waals surface area contributed by atoms with E-state index in [1.165, 1.54) is 24.3 Å². The van der Waals surface area contributed by atoms with E-state index in [4.69, 9.17) is 4.74 Å². The van der Waals surface area contributed by atoms with Crippen molar-refractivity contribution in [2.45, 2.75) is 84.3 Å². The summed E-state index contributed by atoms with van der Waals surface area (Å²) in [7, 11) is 0. The fourth-order valence-corrected chi connectivity index (χ4v) is 4.45. The van der Waals surface area contributed by atoms with Crippen molar-refractivity contribution in [2.75, 3.05) is 13.1 Å². The molecular weight excluding hydrogens is 582 g/mol. The minimum Gasteiger partial charge on any atom is -0.460 e. The number of esters is 1. The van der Waals surface area contributed by atoms with Crippen LogP contribution in [0.25, 0.3) is 0 Å². The van der Waals surface area contributed by atoms with Crippen LogP contribution in [0.2, 0.25) is 0 Å². The fraction of sp³-hybridized carbons (Fsp3) is 0.531. The Bertz CT molecular complexity index is 1250. The molecule has 2 atom stereocenters. The molecule has 1 unspecified atom stereocenters. The molecule has 0 aromatic heterocycles. The van der Waals surface area contributed by atoms with E-state index in [1.54, 1.807) is 31.7 Å². The molecule has 3 nitrogen and oxygen atoms in total. The minimum absolute atomic E-state index is 0.00231. The first-order valence-corrected chi connectivity index (χ1v) is 13.6. The number of nitrogens with zero attached hydrogens (tertiary/aromatic N) is 1. The van der Waals surface area contributed by atoms with Gasteiger partial charge >= 0.3 is 18.3 Å². The molecule has 0 aliphatic carbocycles. The molecule has 0 radical (unpaired) electrons. The molecule has 1 aliphatic rings. The largest absolute Gasteiger partial charge is 0.460 e. The normalized spacial score (nSPS) is 19.4. The number of piperidine rings is 1. The topological polar surface area (TPSA) is 29.5 Å². The molecule has 1 aliphatic heterocycles. The fourth-order valence-electron chi connectivity index (χ4n) is 4.45. The number of benzene rings is 2. The highest BCUT2D eigenvalue weighted by molar-refractivity contribution is 5.70. The Morgan fingerprint density at radius 1 is 0.860 bits per heavy atom. The first-order valence-electron chi connectivity index (χ1n) is 13.6. The number of hydrogen-bond donors (Lipinski definition) is 0. The standard InChI is InChI=1S/C25H32F5NO2.C7H5F3/c1-22(2,3)12-7-14-31-15-13-24(26,27)19(16-20(32)33-23(4,5)6)21(31)17-8-10-18(11-9-17)25(28,29)30;8-7(9,10)6-4-2-1-3-5-6/h8-11,19,21H,13-16H2,1-6H3;1-5H/t19-,21?;/m1./s1. The Hall–Kier alpha value is -3.13. The molecule has 2 aromatic carbocycles. The van der Waals surface area contributed by atoms with Crippen LogP contribution in [0.1, 0.15) is 77.1 Å². The van der Waals surface area contributed by atoms with E-state index in [9.17, 15) is 31.1 Å². The molecule has 11 heteroatoms. The van der Waals surface area contributed by atoms with Crippen molar-refractivity contribution in [3.8, 4) is 11.8 Å².